The fourth-order valence-electron chi connectivity index (χ4n) is 0. The van der Waals surface area contributed by atoms with Crippen molar-refractivity contribution in [2.45, 2.75) is 0 Å². The Bertz CT molecular complexity index is 4.85. The van der Waals surface area contributed by atoms with Gasteiger partial charge in [-0.15, -0.1) is 0 Å². The molecule has 5 heteroatoms. The second-order valence-corrected chi connectivity index (χ2v) is 0. The quantitative estimate of drug-likeness (QED) is 0.292. The summed E-state index contributed by atoms with van der Waals surface area (Å²) in [5.74, 6) is 0. The van der Waals surface area contributed by atoms with Crippen molar-refractivity contribution in [3.8, 4) is 0 Å². The maximum absolute atomic E-state index is 0. The van der Waals surface area contributed by atoms with E-state index in [-0.39, 0.29) is 101 Å². The normalized spacial score (nSPS) is 0. The second kappa shape index (κ2) is 26.8. The van der Waals surface area contributed by atoms with E-state index < -0.39 is 0 Å². The van der Waals surface area contributed by atoms with E-state index in [4.69, 9.17) is 0 Å². The Kier molecular flexibility index (Phi) is 219. The molecule has 0 aromatic carbocycles. The van der Waals surface area contributed by atoms with Crippen LogP contribution in [0.1, 0.15) is 0 Å². The molecule has 0 saturated heterocycles. The second-order valence-electron chi connectivity index (χ2n) is 0. The van der Waals surface area contributed by atoms with Crippen LogP contribution < -0.4 is 0 Å². The van der Waals surface area contributed by atoms with Crippen LogP contribution >= 0.6 is 0 Å². The van der Waals surface area contributed by atoms with Crippen LogP contribution in [0, 0.1) is 0 Å². The van der Waals surface area contributed by atoms with Gasteiger partial charge in [-0.25, -0.2) is 0 Å². The molecule has 0 saturated carbocycles. The minimum absolute atomic E-state index is 0. The van der Waals surface area contributed by atoms with E-state index in [0.717, 1.165) is 0 Å². The topological polar surface area (TPSA) is 0 Å². The summed E-state index contributed by atoms with van der Waals surface area (Å²) in [7, 11) is 0. The van der Waals surface area contributed by atoms with Gasteiger partial charge in [-0.2, -0.15) is 0 Å². The van der Waals surface area contributed by atoms with Gasteiger partial charge < -0.3 is 0 Å². The van der Waals surface area contributed by atoms with Crippen LogP contribution in [0.2, 0.25) is 0 Å². The molecule has 0 aliphatic carbocycles. The largest absolute Gasteiger partial charge is 0 e. The first-order valence-electron chi connectivity index (χ1n) is 0. The molecule has 0 heterocycles. The first-order valence-corrected chi connectivity index (χ1v) is 0. The molecule has 0 spiro atoms. The van der Waals surface area contributed by atoms with Crippen LogP contribution in [0.5, 0.6) is 0 Å². The van der Waals surface area contributed by atoms with Crippen LogP contribution in [0.15, 0.2) is 0 Å². The first kappa shape index (κ1) is 41.0. The molecule has 0 aliphatic rings. The monoisotopic (exact) mass is 699 g/mol. The molecule has 0 aromatic heterocycles. The third kappa shape index (κ3) is 18.9. The van der Waals surface area contributed by atoms with E-state index in [1.807, 2.05) is 0 Å². The van der Waals surface area contributed by atoms with Gasteiger partial charge in [0.1, 0.15) is 0 Å². The van der Waals surface area contributed by atoms with Gasteiger partial charge in [0.05, 0.1) is 0 Å². The Balaban J connectivity index is 0. The zero-order chi connectivity index (χ0) is 0. The molecule has 0 unspecified atom stereocenters. The van der Waals surface area contributed by atoms with Crippen LogP contribution in [0.25, 0.3) is 0 Å². The summed E-state index contributed by atoms with van der Waals surface area (Å²) in [6, 6.07) is 0. The van der Waals surface area contributed by atoms with Gasteiger partial charge in [0.15, 0.2) is 0 Å². The molecular formula is Ga2Re3. The van der Waals surface area contributed by atoms with Crippen molar-refractivity contribution in [1.82, 2.24) is 0 Å². The SMILES string of the molecule is [Ga].[Ga].[Re].[Re].[Re]. The number of rotatable bonds is 0. The summed E-state index contributed by atoms with van der Waals surface area (Å²) in [5, 5.41) is 0. The Morgan fingerprint density at radius 3 is 0.400 bits per heavy atom. The fourth-order valence-corrected chi connectivity index (χ4v) is 0. The number of hydrogen-bond acceptors (Lipinski definition) is 0. The Labute approximate surface area is 99.1 Å². The van der Waals surface area contributed by atoms with E-state index >= 15 is 0 Å². The zero-order valence-corrected chi connectivity index (χ0v) is 15.3. The molecule has 0 rings (SSSR count). The van der Waals surface area contributed by atoms with Gasteiger partial charge in [0.2, 0.25) is 0 Å². The molecule has 0 atom stereocenters. The number of hydrogen-bond donors (Lipinski definition) is 0. The van der Waals surface area contributed by atoms with Crippen LogP contribution in [0.3, 0.4) is 0 Å². The minimum Gasteiger partial charge on any atom is 0 e. The smallest absolute Gasteiger partial charge is 0 e. The first-order chi connectivity index (χ1) is 0. The molecular weight excluding hydrogens is 698 g/mol. The average Bonchev–Trinajstić information content (AvgIpc) is 0. The van der Waals surface area contributed by atoms with Gasteiger partial charge in [-0.3, -0.25) is 0 Å². The zero-order valence-electron chi connectivity index (χ0n) is 2.29. The molecule has 27 valence electrons. The van der Waals surface area contributed by atoms with Gasteiger partial charge in [-0.05, 0) is 0 Å². The fraction of sp³-hybridized carbons (Fsp3) is 0. The molecule has 5 heavy (non-hydrogen) atoms. The molecule has 0 fully saturated rings. The predicted octanol–water partition coefficient (Wildman–Crippen LogP) is -0.769. The minimum atomic E-state index is 0. The van der Waals surface area contributed by atoms with Crippen molar-refractivity contribution in [1.29, 1.82) is 0 Å². The third-order valence-corrected chi connectivity index (χ3v) is 0. The van der Waals surface area contributed by atoms with Crippen molar-refractivity contribution in [2.75, 3.05) is 0 Å². The van der Waals surface area contributed by atoms with Crippen molar-refractivity contribution in [3.63, 3.8) is 0 Å². The summed E-state index contributed by atoms with van der Waals surface area (Å²) >= 11 is 0. The molecule has 0 aliphatic heterocycles. The maximum Gasteiger partial charge on any atom is 0 e. The van der Waals surface area contributed by atoms with Gasteiger partial charge in [0, 0.05) is 101 Å². The van der Waals surface area contributed by atoms with E-state index in [9.17, 15) is 0 Å². The van der Waals surface area contributed by atoms with E-state index in [1.54, 1.807) is 0 Å². The standard InChI is InChI=1S/2Ga.3Re. The molecule has 0 amide bonds. The van der Waals surface area contributed by atoms with Crippen LogP contribution in [-0.4, -0.2) is 39.6 Å². The van der Waals surface area contributed by atoms with E-state index in [0.29, 0.717) is 0 Å². The summed E-state index contributed by atoms with van der Waals surface area (Å²) in [4.78, 5) is 0. The summed E-state index contributed by atoms with van der Waals surface area (Å²) < 4.78 is 0. The van der Waals surface area contributed by atoms with Crippen LogP contribution in [-0.2, 0) is 61.3 Å². The molecule has 0 nitrogen and oxygen atoms in total. The average molecular weight is 698 g/mol. The Hall–Kier alpha value is 3.26. The van der Waals surface area contributed by atoms with Gasteiger partial charge in [-0.1, -0.05) is 0 Å². The van der Waals surface area contributed by atoms with Gasteiger partial charge >= 0.3 is 0 Å². The molecule has 9 radical (unpaired) electrons. The summed E-state index contributed by atoms with van der Waals surface area (Å²) in [6.45, 7) is 0. The van der Waals surface area contributed by atoms with Gasteiger partial charge in [0.25, 0.3) is 0 Å². The summed E-state index contributed by atoms with van der Waals surface area (Å²) in [5.41, 5.74) is 0. The molecule has 0 aromatic rings. The third-order valence-electron chi connectivity index (χ3n) is 0. The van der Waals surface area contributed by atoms with Crippen molar-refractivity contribution < 1.29 is 61.3 Å². The van der Waals surface area contributed by atoms with Crippen molar-refractivity contribution in [3.05, 3.63) is 0 Å². The Morgan fingerprint density at radius 2 is 0.400 bits per heavy atom. The molecule has 0 N–H and O–H groups in total. The van der Waals surface area contributed by atoms with Crippen molar-refractivity contribution in [2.24, 2.45) is 0 Å². The Morgan fingerprint density at radius 1 is 0.400 bits per heavy atom. The maximum atomic E-state index is 0. The molecule has 0 bridgehead atoms. The van der Waals surface area contributed by atoms with E-state index in [2.05, 4.69) is 0 Å². The van der Waals surface area contributed by atoms with Crippen molar-refractivity contribution >= 4 is 39.6 Å². The summed E-state index contributed by atoms with van der Waals surface area (Å²) in [6.07, 6.45) is 0. The van der Waals surface area contributed by atoms with E-state index in [1.165, 1.54) is 0 Å². The van der Waals surface area contributed by atoms with Crippen LogP contribution in [0.4, 0.5) is 0 Å². The predicted molar refractivity (Wildman–Crippen MR) is 11.5 cm³/mol.